The first-order valence-electron chi connectivity index (χ1n) is 4.52. The van der Waals surface area contributed by atoms with Crippen LogP contribution in [0.5, 0.6) is 0 Å². The average molecular weight is 266 g/mol. The number of carbonyl (C=O) groups excluding carboxylic acids is 1. The third kappa shape index (κ3) is 3.07. The van der Waals surface area contributed by atoms with Crippen molar-refractivity contribution in [1.29, 1.82) is 0 Å². The molecule has 0 aliphatic carbocycles. The molecule has 0 bridgehead atoms. The summed E-state index contributed by atoms with van der Waals surface area (Å²) in [5.74, 6) is -1.27. The molecule has 6 heteroatoms. The molecular weight excluding hydrogens is 256 g/mol. The van der Waals surface area contributed by atoms with Crippen molar-refractivity contribution in [2.45, 2.75) is 13.0 Å². The molecule has 0 saturated heterocycles. The highest BCUT2D eigenvalue weighted by atomic mass is 35.5. The van der Waals surface area contributed by atoms with Gasteiger partial charge in [-0.1, -0.05) is 23.2 Å². The van der Waals surface area contributed by atoms with E-state index in [2.05, 4.69) is 5.32 Å². The SMILES string of the molecule is C[C@H](CO)NC(=O)c1cc(F)c(Cl)cc1Cl. The van der Waals surface area contributed by atoms with Crippen molar-refractivity contribution in [2.75, 3.05) is 6.61 Å². The molecule has 0 aromatic heterocycles. The number of aliphatic hydroxyl groups is 1. The lowest BCUT2D eigenvalue weighted by atomic mass is 10.2. The van der Waals surface area contributed by atoms with Gasteiger partial charge in [-0.05, 0) is 19.1 Å². The predicted molar refractivity (Wildman–Crippen MR) is 60.4 cm³/mol. The van der Waals surface area contributed by atoms with Crippen molar-refractivity contribution in [1.82, 2.24) is 5.32 Å². The van der Waals surface area contributed by atoms with Crippen LogP contribution in [0.4, 0.5) is 4.39 Å². The van der Waals surface area contributed by atoms with Gasteiger partial charge in [0.15, 0.2) is 0 Å². The van der Waals surface area contributed by atoms with Crippen LogP contribution in [0.1, 0.15) is 17.3 Å². The number of hydrogen-bond donors (Lipinski definition) is 2. The molecule has 1 rings (SSSR count). The number of carbonyl (C=O) groups is 1. The molecule has 0 aliphatic heterocycles. The minimum atomic E-state index is -0.715. The van der Waals surface area contributed by atoms with Gasteiger partial charge in [0.1, 0.15) is 5.82 Å². The monoisotopic (exact) mass is 265 g/mol. The van der Waals surface area contributed by atoms with Crippen molar-refractivity contribution in [3.8, 4) is 0 Å². The summed E-state index contributed by atoms with van der Waals surface area (Å²) in [5, 5.41) is 11.1. The maximum absolute atomic E-state index is 13.1. The van der Waals surface area contributed by atoms with Crippen LogP contribution in [0, 0.1) is 5.82 Å². The van der Waals surface area contributed by atoms with Gasteiger partial charge in [-0.25, -0.2) is 4.39 Å². The number of rotatable bonds is 3. The predicted octanol–water partition coefficient (Wildman–Crippen LogP) is 2.24. The summed E-state index contributed by atoms with van der Waals surface area (Å²) in [6, 6.07) is 1.70. The second-order valence-corrected chi connectivity index (χ2v) is 4.12. The molecule has 2 N–H and O–H groups in total. The first-order chi connectivity index (χ1) is 7.45. The van der Waals surface area contributed by atoms with Gasteiger partial charge in [0.2, 0.25) is 0 Å². The smallest absolute Gasteiger partial charge is 0.253 e. The average Bonchev–Trinajstić information content (AvgIpc) is 2.23. The van der Waals surface area contributed by atoms with Crippen molar-refractivity contribution >= 4 is 29.1 Å². The Hall–Kier alpha value is -0.840. The summed E-state index contributed by atoms with van der Waals surface area (Å²) < 4.78 is 13.1. The zero-order chi connectivity index (χ0) is 12.3. The molecule has 1 amide bonds. The molecule has 0 aliphatic rings. The molecule has 88 valence electrons. The zero-order valence-corrected chi connectivity index (χ0v) is 9.94. The fraction of sp³-hybridized carbons (Fsp3) is 0.300. The minimum absolute atomic E-state index is 0.0103. The Labute approximate surface area is 102 Å². The van der Waals surface area contributed by atoms with E-state index in [1.54, 1.807) is 6.92 Å². The largest absolute Gasteiger partial charge is 0.394 e. The summed E-state index contributed by atoms with van der Waals surface area (Å²) >= 11 is 11.2. The van der Waals surface area contributed by atoms with E-state index in [-0.39, 0.29) is 22.2 Å². The minimum Gasteiger partial charge on any atom is -0.394 e. The van der Waals surface area contributed by atoms with E-state index in [0.29, 0.717) is 0 Å². The molecule has 0 fully saturated rings. The molecule has 0 radical (unpaired) electrons. The fourth-order valence-electron chi connectivity index (χ4n) is 1.04. The van der Waals surface area contributed by atoms with Crippen molar-refractivity contribution < 1.29 is 14.3 Å². The molecular formula is C10H10Cl2FNO2. The summed E-state index contributed by atoms with van der Waals surface area (Å²) in [4.78, 5) is 11.6. The standard InChI is InChI=1S/C10H10Cl2FNO2/c1-5(4-15)14-10(16)6-2-9(13)8(12)3-7(6)11/h2-3,5,15H,4H2,1H3,(H,14,16)/t5-/m1/s1. The van der Waals surface area contributed by atoms with Crippen molar-refractivity contribution in [2.24, 2.45) is 0 Å². The number of amides is 1. The molecule has 16 heavy (non-hydrogen) atoms. The Balaban J connectivity index is 2.96. The van der Waals surface area contributed by atoms with Gasteiger partial charge in [0.05, 0.1) is 22.2 Å². The fourth-order valence-corrected chi connectivity index (χ4v) is 1.51. The second kappa shape index (κ2) is 5.48. The van der Waals surface area contributed by atoms with Crippen molar-refractivity contribution in [3.05, 3.63) is 33.6 Å². The van der Waals surface area contributed by atoms with Crippen LogP contribution in [0.15, 0.2) is 12.1 Å². The van der Waals surface area contributed by atoms with Crippen LogP contribution < -0.4 is 5.32 Å². The maximum atomic E-state index is 13.1. The van der Waals surface area contributed by atoms with Gasteiger partial charge in [0.25, 0.3) is 5.91 Å². The van der Waals surface area contributed by atoms with E-state index in [0.717, 1.165) is 12.1 Å². The van der Waals surface area contributed by atoms with Gasteiger partial charge in [-0.15, -0.1) is 0 Å². The summed E-state index contributed by atoms with van der Waals surface area (Å²) in [6.07, 6.45) is 0. The summed E-state index contributed by atoms with van der Waals surface area (Å²) in [7, 11) is 0. The highest BCUT2D eigenvalue weighted by Crippen LogP contribution is 2.24. The van der Waals surface area contributed by atoms with E-state index < -0.39 is 17.8 Å². The molecule has 0 saturated carbocycles. The molecule has 1 atom stereocenters. The van der Waals surface area contributed by atoms with Gasteiger partial charge in [-0.3, -0.25) is 4.79 Å². The zero-order valence-electron chi connectivity index (χ0n) is 8.43. The van der Waals surface area contributed by atoms with Gasteiger partial charge < -0.3 is 10.4 Å². The number of aliphatic hydroxyl groups excluding tert-OH is 1. The quantitative estimate of drug-likeness (QED) is 0.824. The first-order valence-corrected chi connectivity index (χ1v) is 5.27. The topological polar surface area (TPSA) is 49.3 Å². The second-order valence-electron chi connectivity index (χ2n) is 3.30. The van der Waals surface area contributed by atoms with Gasteiger partial charge in [-0.2, -0.15) is 0 Å². The molecule has 3 nitrogen and oxygen atoms in total. The number of hydrogen-bond acceptors (Lipinski definition) is 2. The lowest BCUT2D eigenvalue weighted by molar-refractivity contribution is 0.0922. The molecule has 0 unspecified atom stereocenters. The van der Waals surface area contributed by atoms with Crippen LogP contribution in [-0.4, -0.2) is 23.7 Å². The van der Waals surface area contributed by atoms with Crippen LogP contribution in [0.2, 0.25) is 10.0 Å². The third-order valence-corrected chi connectivity index (χ3v) is 2.51. The Kier molecular flexibility index (Phi) is 4.53. The number of halogens is 3. The normalized spacial score (nSPS) is 12.3. The van der Waals surface area contributed by atoms with Crippen LogP contribution >= 0.6 is 23.2 Å². The lowest BCUT2D eigenvalue weighted by Crippen LogP contribution is -2.35. The number of nitrogens with one attached hydrogen (secondary N) is 1. The summed E-state index contributed by atoms with van der Waals surface area (Å²) in [5.41, 5.74) is -0.0103. The first kappa shape index (κ1) is 13.2. The number of benzene rings is 1. The van der Waals surface area contributed by atoms with E-state index in [4.69, 9.17) is 28.3 Å². The Morgan fingerprint density at radius 1 is 1.50 bits per heavy atom. The van der Waals surface area contributed by atoms with E-state index in [1.807, 2.05) is 0 Å². The van der Waals surface area contributed by atoms with Gasteiger partial charge in [0, 0.05) is 6.04 Å². The van der Waals surface area contributed by atoms with Crippen LogP contribution in [-0.2, 0) is 0 Å². The van der Waals surface area contributed by atoms with E-state index in [9.17, 15) is 9.18 Å². The van der Waals surface area contributed by atoms with E-state index >= 15 is 0 Å². The molecule has 1 aromatic carbocycles. The highest BCUT2D eigenvalue weighted by Gasteiger charge is 2.15. The maximum Gasteiger partial charge on any atom is 0.253 e. The van der Waals surface area contributed by atoms with Crippen LogP contribution in [0.25, 0.3) is 0 Å². The van der Waals surface area contributed by atoms with Crippen molar-refractivity contribution in [3.63, 3.8) is 0 Å². The molecule has 0 spiro atoms. The van der Waals surface area contributed by atoms with Gasteiger partial charge >= 0.3 is 0 Å². The Morgan fingerprint density at radius 3 is 2.69 bits per heavy atom. The Morgan fingerprint density at radius 2 is 2.12 bits per heavy atom. The van der Waals surface area contributed by atoms with Crippen LogP contribution in [0.3, 0.4) is 0 Å². The highest BCUT2D eigenvalue weighted by molar-refractivity contribution is 6.36. The molecule has 1 aromatic rings. The lowest BCUT2D eigenvalue weighted by Gasteiger charge is -2.11. The third-order valence-electron chi connectivity index (χ3n) is 1.91. The summed E-state index contributed by atoms with van der Waals surface area (Å²) in [6.45, 7) is 1.40. The molecule has 0 heterocycles. The van der Waals surface area contributed by atoms with E-state index in [1.165, 1.54) is 0 Å². The Bertz CT molecular complexity index is 412.